The molecule has 0 radical (unpaired) electrons. The average molecular weight is 358 g/mol. The van der Waals surface area contributed by atoms with Gasteiger partial charge in [-0.05, 0) is 55.5 Å². The van der Waals surface area contributed by atoms with E-state index < -0.39 is 0 Å². The molecule has 25 heavy (non-hydrogen) atoms. The Morgan fingerprint density at radius 1 is 1.32 bits per heavy atom. The molecule has 0 bridgehead atoms. The molecule has 3 N–H and O–H groups in total. The number of benzene rings is 2. The molecule has 1 amide bonds. The second kappa shape index (κ2) is 7.36. The summed E-state index contributed by atoms with van der Waals surface area (Å²) in [6.45, 7) is 6.40. The van der Waals surface area contributed by atoms with Gasteiger partial charge in [0.15, 0.2) is 0 Å². The summed E-state index contributed by atoms with van der Waals surface area (Å²) in [5, 5.41) is 3.34. The Kier molecular flexibility index (Phi) is 5.19. The van der Waals surface area contributed by atoms with Gasteiger partial charge in [0.1, 0.15) is 0 Å². The number of halogens is 1. The standard InChI is InChI=1S/C20H24ClN3O/c1-13-6-5-9-24(12-13)19-11-18(17(22)10-14(19)2)23-20(25)15-7-3-4-8-16(15)21/h3-4,7-8,10-11,13H,5-6,9,12,22H2,1-2H3,(H,23,25)/t13-/m1/s1. The number of nitrogen functional groups attached to an aromatic ring is 1. The summed E-state index contributed by atoms with van der Waals surface area (Å²) in [5.74, 6) is 0.422. The Hall–Kier alpha value is -2.20. The maximum Gasteiger partial charge on any atom is 0.257 e. The Balaban J connectivity index is 1.88. The van der Waals surface area contributed by atoms with Crippen molar-refractivity contribution in [2.45, 2.75) is 26.7 Å². The van der Waals surface area contributed by atoms with Gasteiger partial charge in [-0.3, -0.25) is 4.79 Å². The van der Waals surface area contributed by atoms with Gasteiger partial charge >= 0.3 is 0 Å². The molecule has 1 aliphatic rings. The van der Waals surface area contributed by atoms with E-state index in [1.807, 2.05) is 12.1 Å². The van der Waals surface area contributed by atoms with Crippen molar-refractivity contribution >= 4 is 34.6 Å². The normalized spacial score (nSPS) is 17.4. The SMILES string of the molecule is Cc1cc(N)c(NC(=O)c2ccccc2Cl)cc1N1CCC[C@@H](C)C1. The second-order valence-electron chi connectivity index (χ2n) is 6.85. The number of amides is 1. The molecule has 1 heterocycles. The number of carbonyl (C=O) groups is 1. The molecule has 2 aromatic rings. The van der Waals surface area contributed by atoms with Crippen molar-refractivity contribution in [1.82, 2.24) is 0 Å². The predicted octanol–water partition coefficient (Wildman–Crippen LogP) is 4.72. The second-order valence-corrected chi connectivity index (χ2v) is 7.26. The topological polar surface area (TPSA) is 58.4 Å². The van der Waals surface area contributed by atoms with E-state index in [0.29, 0.717) is 27.9 Å². The first-order valence-corrected chi connectivity index (χ1v) is 9.04. The van der Waals surface area contributed by atoms with E-state index >= 15 is 0 Å². The zero-order chi connectivity index (χ0) is 18.0. The van der Waals surface area contributed by atoms with Crippen molar-refractivity contribution in [2.24, 2.45) is 5.92 Å². The zero-order valence-electron chi connectivity index (χ0n) is 14.7. The van der Waals surface area contributed by atoms with E-state index in [0.717, 1.165) is 24.3 Å². The van der Waals surface area contributed by atoms with E-state index in [2.05, 4.69) is 24.1 Å². The van der Waals surface area contributed by atoms with Crippen LogP contribution in [0.15, 0.2) is 36.4 Å². The number of piperidine rings is 1. The molecule has 0 saturated carbocycles. The highest BCUT2D eigenvalue weighted by Crippen LogP contribution is 2.33. The third-order valence-electron chi connectivity index (χ3n) is 4.73. The molecule has 3 rings (SSSR count). The monoisotopic (exact) mass is 357 g/mol. The molecule has 0 aliphatic carbocycles. The van der Waals surface area contributed by atoms with E-state index in [9.17, 15) is 4.79 Å². The lowest BCUT2D eigenvalue weighted by atomic mass is 9.98. The predicted molar refractivity (Wildman–Crippen MR) is 106 cm³/mol. The number of hydrogen-bond donors (Lipinski definition) is 2. The van der Waals surface area contributed by atoms with Crippen LogP contribution in [0.1, 0.15) is 35.7 Å². The molecule has 0 spiro atoms. The van der Waals surface area contributed by atoms with Gasteiger partial charge in [-0.2, -0.15) is 0 Å². The maximum atomic E-state index is 12.5. The molecule has 0 unspecified atom stereocenters. The number of anilines is 3. The number of carbonyl (C=O) groups excluding carboxylic acids is 1. The molecular formula is C20H24ClN3O. The zero-order valence-corrected chi connectivity index (χ0v) is 15.4. The number of nitrogens with zero attached hydrogens (tertiary/aromatic N) is 1. The number of hydrogen-bond acceptors (Lipinski definition) is 3. The third kappa shape index (κ3) is 3.90. The van der Waals surface area contributed by atoms with Crippen molar-refractivity contribution < 1.29 is 4.79 Å². The van der Waals surface area contributed by atoms with Crippen LogP contribution in [-0.2, 0) is 0 Å². The van der Waals surface area contributed by atoms with Gasteiger partial charge in [0.05, 0.1) is 22.0 Å². The van der Waals surface area contributed by atoms with Gasteiger partial charge in [-0.1, -0.05) is 30.7 Å². The summed E-state index contributed by atoms with van der Waals surface area (Å²) >= 11 is 6.12. The van der Waals surface area contributed by atoms with Crippen LogP contribution in [0, 0.1) is 12.8 Å². The fourth-order valence-corrected chi connectivity index (χ4v) is 3.63. The summed E-state index contributed by atoms with van der Waals surface area (Å²) in [5.41, 5.74) is 10.0. The van der Waals surface area contributed by atoms with E-state index in [4.69, 9.17) is 17.3 Å². The van der Waals surface area contributed by atoms with Gasteiger partial charge in [-0.25, -0.2) is 0 Å². The Bertz CT molecular complexity index is 791. The van der Waals surface area contributed by atoms with Crippen LogP contribution in [0.5, 0.6) is 0 Å². The summed E-state index contributed by atoms with van der Waals surface area (Å²) in [6.07, 6.45) is 2.45. The Labute approximate surface area is 154 Å². The minimum Gasteiger partial charge on any atom is -0.397 e. The molecule has 1 fully saturated rings. The first kappa shape index (κ1) is 17.6. The van der Waals surface area contributed by atoms with Crippen LogP contribution in [-0.4, -0.2) is 19.0 Å². The molecule has 5 heteroatoms. The fourth-order valence-electron chi connectivity index (χ4n) is 3.41. The molecule has 4 nitrogen and oxygen atoms in total. The average Bonchev–Trinajstić information content (AvgIpc) is 2.57. The summed E-state index contributed by atoms with van der Waals surface area (Å²) in [6, 6.07) is 10.9. The van der Waals surface area contributed by atoms with Gasteiger partial charge < -0.3 is 16.0 Å². The third-order valence-corrected chi connectivity index (χ3v) is 5.06. The number of nitrogens with one attached hydrogen (secondary N) is 1. The summed E-state index contributed by atoms with van der Waals surface area (Å²) in [4.78, 5) is 14.9. The van der Waals surface area contributed by atoms with E-state index in [1.54, 1.807) is 24.3 Å². The molecular weight excluding hydrogens is 334 g/mol. The summed E-state index contributed by atoms with van der Waals surface area (Å²) in [7, 11) is 0. The van der Waals surface area contributed by atoms with E-state index in [1.165, 1.54) is 12.8 Å². The van der Waals surface area contributed by atoms with Crippen LogP contribution in [0.2, 0.25) is 5.02 Å². The lowest BCUT2D eigenvalue weighted by Gasteiger charge is -2.34. The molecule has 2 aromatic carbocycles. The minimum absolute atomic E-state index is 0.251. The maximum absolute atomic E-state index is 12.5. The highest BCUT2D eigenvalue weighted by atomic mass is 35.5. The first-order chi connectivity index (χ1) is 12.0. The van der Waals surface area contributed by atoms with Crippen molar-refractivity contribution in [3.8, 4) is 0 Å². The lowest BCUT2D eigenvalue weighted by molar-refractivity contribution is 0.102. The van der Waals surface area contributed by atoms with Crippen molar-refractivity contribution in [1.29, 1.82) is 0 Å². The number of nitrogens with two attached hydrogens (primary N) is 1. The molecule has 1 saturated heterocycles. The molecule has 1 aliphatic heterocycles. The number of rotatable bonds is 3. The summed E-state index contributed by atoms with van der Waals surface area (Å²) < 4.78 is 0. The van der Waals surface area contributed by atoms with Crippen molar-refractivity contribution in [3.05, 3.63) is 52.5 Å². The molecule has 132 valence electrons. The quantitative estimate of drug-likeness (QED) is 0.781. The van der Waals surface area contributed by atoms with Crippen LogP contribution in [0.25, 0.3) is 0 Å². The Morgan fingerprint density at radius 2 is 2.08 bits per heavy atom. The van der Waals surface area contributed by atoms with Crippen molar-refractivity contribution in [2.75, 3.05) is 29.0 Å². The van der Waals surface area contributed by atoms with Gasteiger partial charge in [-0.15, -0.1) is 0 Å². The van der Waals surface area contributed by atoms with Gasteiger partial charge in [0.25, 0.3) is 5.91 Å². The molecule has 1 atom stereocenters. The van der Waals surface area contributed by atoms with Crippen LogP contribution >= 0.6 is 11.6 Å². The lowest BCUT2D eigenvalue weighted by Crippen LogP contribution is -2.34. The van der Waals surface area contributed by atoms with E-state index in [-0.39, 0.29) is 5.91 Å². The van der Waals surface area contributed by atoms with Gasteiger partial charge in [0.2, 0.25) is 0 Å². The minimum atomic E-state index is -0.251. The number of aryl methyl sites for hydroxylation is 1. The Morgan fingerprint density at radius 3 is 2.80 bits per heavy atom. The fraction of sp³-hybridized carbons (Fsp3) is 0.350. The van der Waals surface area contributed by atoms with Gasteiger partial charge in [0, 0.05) is 18.8 Å². The highest BCUT2D eigenvalue weighted by Gasteiger charge is 2.20. The highest BCUT2D eigenvalue weighted by molar-refractivity contribution is 6.34. The van der Waals surface area contributed by atoms with Crippen LogP contribution in [0.3, 0.4) is 0 Å². The van der Waals surface area contributed by atoms with Crippen LogP contribution < -0.4 is 16.0 Å². The molecule has 0 aromatic heterocycles. The first-order valence-electron chi connectivity index (χ1n) is 8.66. The van der Waals surface area contributed by atoms with Crippen LogP contribution in [0.4, 0.5) is 17.1 Å². The largest absolute Gasteiger partial charge is 0.397 e. The van der Waals surface area contributed by atoms with Crippen molar-refractivity contribution in [3.63, 3.8) is 0 Å². The smallest absolute Gasteiger partial charge is 0.257 e.